The number of piperazine rings is 1. The molecule has 2 N–H and O–H groups in total. The quantitative estimate of drug-likeness (QED) is 0.903. The van der Waals surface area contributed by atoms with E-state index in [4.69, 9.17) is 5.73 Å². The smallest absolute Gasteiger partial charge is 0.245 e. The van der Waals surface area contributed by atoms with Crippen LogP contribution in [0.4, 0.5) is 0 Å². The molecule has 0 saturated carbocycles. The van der Waals surface area contributed by atoms with Gasteiger partial charge in [-0.25, -0.2) is 0 Å². The number of amides is 1. The highest BCUT2D eigenvalue weighted by molar-refractivity contribution is 7.10. The Kier molecular flexibility index (Phi) is 5.57. The van der Waals surface area contributed by atoms with Crippen LogP contribution >= 0.6 is 11.3 Å². The first-order valence-corrected chi connectivity index (χ1v) is 8.26. The lowest BCUT2D eigenvalue weighted by atomic mass is 10.1. The predicted octanol–water partition coefficient (Wildman–Crippen LogP) is 1.94. The summed E-state index contributed by atoms with van der Waals surface area (Å²) in [6.07, 6.45) is 1.22. The molecular formula is C15H25N3OS. The summed E-state index contributed by atoms with van der Waals surface area (Å²) in [5.74, 6) is 0.804. The van der Waals surface area contributed by atoms with Crippen LogP contribution in [0.5, 0.6) is 0 Å². The minimum absolute atomic E-state index is 0.0657. The van der Waals surface area contributed by atoms with E-state index in [-0.39, 0.29) is 5.91 Å². The van der Waals surface area contributed by atoms with Crippen LogP contribution in [-0.2, 0) is 4.79 Å². The van der Waals surface area contributed by atoms with Gasteiger partial charge < -0.3 is 10.6 Å². The molecule has 0 spiro atoms. The summed E-state index contributed by atoms with van der Waals surface area (Å²) in [5.41, 5.74) is 6.05. The third-order valence-corrected chi connectivity index (χ3v) is 4.78. The molecule has 4 nitrogen and oxygen atoms in total. The number of rotatable bonds is 5. The first-order chi connectivity index (χ1) is 9.58. The highest BCUT2D eigenvalue weighted by Crippen LogP contribution is 2.19. The van der Waals surface area contributed by atoms with E-state index in [0.717, 1.165) is 43.5 Å². The van der Waals surface area contributed by atoms with E-state index in [1.165, 1.54) is 6.42 Å². The topological polar surface area (TPSA) is 49.6 Å². The molecule has 2 heterocycles. The van der Waals surface area contributed by atoms with Crippen molar-refractivity contribution in [3.05, 3.63) is 22.4 Å². The lowest BCUT2D eigenvalue weighted by Gasteiger charge is -2.36. The van der Waals surface area contributed by atoms with E-state index >= 15 is 0 Å². The molecule has 0 aromatic carbocycles. The van der Waals surface area contributed by atoms with Gasteiger partial charge >= 0.3 is 0 Å². The number of carbonyl (C=O) groups is 1. The van der Waals surface area contributed by atoms with Crippen molar-refractivity contribution in [2.24, 2.45) is 11.7 Å². The first-order valence-electron chi connectivity index (χ1n) is 7.38. The Morgan fingerprint density at radius 1 is 1.35 bits per heavy atom. The summed E-state index contributed by atoms with van der Waals surface area (Å²) in [4.78, 5) is 17.7. The second-order valence-corrected chi connectivity index (χ2v) is 6.82. The Morgan fingerprint density at radius 2 is 2.05 bits per heavy atom. The van der Waals surface area contributed by atoms with Gasteiger partial charge in [-0.05, 0) is 30.3 Å². The minimum atomic E-state index is -0.489. The lowest BCUT2D eigenvalue weighted by molar-refractivity contribution is -0.134. The third-order valence-electron chi connectivity index (χ3n) is 3.82. The largest absolute Gasteiger partial charge is 0.338 e. The standard InChI is InChI=1S/C15H25N3OS/c1-12(2)5-6-17-7-9-18(10-8-17)15(19)14(16)13-4-3-11-20-13/h3-4,11-12,14H,5-10,16H2,1-2H3. The lowest BCUT2D eigenvalue weighted by Crippen LogP contribution is -2.51. The molecule has 5 heteroatoms. The molecule has 1 amide bonds. The predicted molar refractivity (Wildman–Crippen MR) is 83.7 cm³/mol. The molecule has 20 heavy (non-hydrogen) atoms. The van der Waals surface area contributed by atoms with Crippen LogP contribution in [0.25, 0.3) is 0 Å². The summed E-state index contributed by atoms with van der Waals surface area (Å²) < 4.78 is 0. The molecule has 1 atom stereocenters. The molecule has 112 valence electrons. The summed E-state index contributed by atoms with van der Waals surface area (Å²) in [5, 5.41) is 1.96. The molecule has 1 aromatic rings. The van der Waals surface area contributed by atoms with Crippen molar-refractivity contribution in [1.29, 1.82) is 0 Å². The summed E-state index contributed by atoms with van der Waals surface area (Å²) >= 11 is 1.55. The van der Waals surface area contributed by atoms with Gasteiger partial charge in [-0.2, -0.15) is 0 Å². The molecule has 1 aliphatic heterocycles. The monoisotopic (exact) mass is 295 g/mol. The van der Waals surface area contributed by atoms with Gasteiger partial charge in [-0.1, -0.05) is 19.9 Å². The fourth-order valence-electron chi connectivity index (χ4n) is 2.42. The van der Waals surface area contributed by atoms with Gasteiger partial charge in [0.25, 0.3) is 0 Å². The molecule has 1 fully saturated rings. The van der Waals surface area contributed by atoms with Gasteiger partial charge in [0.2, 0.25) is 5.91 Å². The average molecular weight is 295 g/mol. The van der Waals surface area contributed by atoms with E-state index in [1.54, 1.807) is 11.3 Å². The zero-order valence-electron chi connectivity index (χ0n) is 12.4. The summed E-state index contributed by atoms with van der Waals surface area (Å²) in [6, 6.07) is 3.39. The van der Waals surface area contributed by atoms with Crippen molar-refractivity contribution in [1.82, 2.24) is 9.80 Å². The van der Waals surface area contributed by atoms with E-state index in [2.05, 4.69) is 18.7 Å². The van der Waals surface area contributed by atoms with E-state index in [9.17, 15) is 4.79 Å². The van der Waals surface area contributed by atoms with Crippen LogP contribution in [0.15, 0.2) is 17.5 Å². The van der Waals surface area contributed by atoms with Crippen LogP contribution in [0.3, 0.4) is 0 Å². The maximum atomic E-state index is 12.4. The number of hydrogen-bond donors (Lipinski definition) is 1. The third kappa shape index (κ3) is 4.04. The van der Waals surface area contributed by atoms with Gasteiger partial charge in [0, 0.05) is 31.1 Å². The normalized spacial score (nSPS) is 18.5. The molecular weight excluding hydrogens is 270 g/mol. The highest BCUT2D eigenvalue weighted by atomic mass is 32.1. The second kappa shape index (κ2) is 7.20. The van der Waals surface area contributed by atoms with Crippen molar-refractivity contribution in [2.45, 2.75) is 26.3 Å². The van der Waals surface area contributed by atoms with Crippen LogP contribution < -0.4 is 5.73 Å². The van der Waals surface area contributed by atoms with Crippen LogP contribution in [0.2, 0.25) is 0 Å². The number of carbonyl (C=O) groups excluding carboxylic acids is 1. The van der Waals surface area contributed by atoms with Gasteiger partial charge in [-0.3, -0.25) is 9.69 Å². The Bertz CT molecular complexity index is 411. The summed E-state index contributed by atoms with van der Waals surface area (Å²) in [6.45, 7) is 9.17. The molecule has 0 bridgehead atoms. The Morgan fingerprint density at radius 3 is 2.60 bits per heavy atom. The fourth-order valence-corrected chi connectivity index (χ4v) is 3.14. The van der Waals surface area contributed by atoms with Crippen molar-refractivity contribution in [2.75, 3.05) is 32.7 Å². The average Bonchev–Trinajstić information content (AvgIpc) is 2.98. The van der Waals surface area contributed by atoms with Crippen molar-refractivity contribution >= 4 is 17.2 Å². The SMILES string of the molecule is CC(C)CCN1CCN(C(=O)C(N)c2cccs2)CC1. The zero-order chi connectivity index (χ0) is 14.5. The maximum Gasteiger partial charge on any atom is 0.245 e. The van der Waals surface area contributed by atoms with Gasteiger partial charge in [0.05, 0.1) is 0 Å². The number of hydrogen-bond acceptors (Lipinski definition) is 4. The van der Waals surface area contributed by atoms with E-state index in [1.807, 2.05) is 22.4 Å². The van der Waals surface area contributed by atoms with Crippen LogP contribution in [0.1, 0.15) is 31.2 Å². The number of thiophene rings is 1. The van der Waals surface area contributed by atoms with Gasteiger partial charge in [0.1, 0.15) is 6.04 Å². The molecule has 1 aliphatic rings. The maximum absolute atomic E-state index is 12.4. The van der Waals surface area contributed by atoms with Gasteiger partial charge in [0.15, 0.2) is 0 Å². The van der Waals surface area contributed by atoms with Crippen LogP contribution in [-0.4, -0.2) is 48.4 Å². The van der Waals surface area contributed by atoms with Crippen molar-refractivity contribution < 1.29 is 4.79 Å². The van der Waals surface area contributed by atoms with Gasteiger partial charge in [-0.15, -0.1) is 11.3 Å². The van der Waals surface area contributed by atoms with E-state index < -0.39 is 6.04 Å². The highest BCUT2D eigenvalue weighted by Gasteiger charge is 2.26. The first kappa shape index (κ1) is 15.5. The molecule has 1 aromatic heterocycles. The molecule has 2 rings (SSSR count). The van der Waals surface area contributed by atoms with Crippen LogP contribution in [0, 0.1) is 5.92 Å². The molecule has 1 unspecified atom stereocenters. The molecule has 0 radical (unpaired) electrons. The summed E-state index contributed by atoms with van der Waals surface area (Å²) in [7, 11) is 0. The minimum Gasteiger partial charge on any atom is -0.338 e. The Balaban J connectivity index is 1.80. The van der Waals surface area contributed by atoms with E-state index in [0.29, 0.717) is 0 Å². The Labute approximate surface area is 125 Å². The number of nitrogens with zero attached hydrogens (tertiary/aromatic N) is 2. The van der Waals surface area contributed by atoms with Crippen molar-refractivity contribution in [3.63, 3.8) is 0 Å². The fraction of sp³-hybridized carbons (Fsp3) is 0.667. The zero-order valence-corrected chi connectivity index (χ0v) is 13.2. The molecule has 0 aliphatic carbocycles. The molecule has 1 saturated heterocycles. The number of nitrogens with two attached hydrogens (primary N) is 1. The second-order valence-electron chi connectivity index (χ2n) is 5.84. The Hall–Kier alpha value is -0.910. The van der Waals surface area contributed by atoms with Crippen molar-refractivity contribution in [3.8, 4) is 0 Å².